The van der Waals surface area contributed by atoms with Crippen LogP contribution in [-0.2, 0) is 9.53 Å². The zero-order valence-electron chi connectivity index (χ0n) is 14.5. The Morgan fingerprint density at radius 3 is 2.81 bits per heavy atom. The lowest BCUT2D eigenvalue weighted by atomic mass is 9.92. The number of amides is 1. The minimum atomic E-state index is -0.960. The van der Waals surface area contributed by atoms with Crippen molar-refractivity contribution < 1.29 is 19.4 Å². The molecule has 1 atom stereocenters. The molecule has 2 heterocycles. The van der Waals surface area contributed by atoms with Gasteiger partial charge in [0.05, 0.1) is 34.4 Å². The molecule has 1 aliphatic carbocycles. The summed E-state index contributed by atoms with van der Waals surface area (Å²) >= 11 is 9.60. The van der Waals surface area contributed by atoms with Crippen LogP contribution in [0.4, 0.5) is 0 Å². The van der Waals surface area contributed by atoms with E-state index >= 15 is 0 Å². The highest BCUT2D eigenvalue weighted by molar-refractivity contribution is 8.00. The van der Waals surface area contributed by atoms with Crippen molar-refractivity contribution in [1.82, 2.24) is 4.90 Å². The van der Waals surface area contributed by atoms with E-state index in [1.165, 1.54) is 18.4 Å². The second-order valence-electron chi connectivity index (χ2n) is 5.92. The van der Waals surface area contributed by atoms with E-state index in [9.17, 15) is 14.7 Å². The molecular formula is C18H18ClNO4S2. The molecule has 1 unspecified atom stereocenters. The van der Waals surface area contributed by atoms with Crippen LogP contribution in [0, 0.1) is 0 Å². The van der Waals surface area contributed by atoms with Crippen molar-refractivity contribution >= 4 is 46.6 Å². The van der Waals surface area contributed by atoms with Gasteiger partial charge in [-0.25, -0.2) is 0 Å². The Hall–Kier alpha value is -1.70. The molecule has 26 heavy (non-hydrogen) atoms. The Bertz CT molecular complexity index is 868. The van der Waals surface area contributed by atoms with E-state index in [2.05, 4.69) is 0 Å². The molecule has 3 rings (SSSR count). The number of fused-ring (bicyclic) bond motifs is 1. The molecule has 2 aliphatic rings. The molecule has 1 aliphatic heterocycles. The topological polar surface area (TPSA) is 66.8 Å². The normalized spacial score (nSPS) is 19.6. The summed E-state index contributed by atoms with van der Waals surface area (Å²) in [6.45, 7) is 1.78. The predicted molar refractivity (Wildman–Crippen MR) is 104 cm³/mol. The molecule has 0 spiro atoms. The van der Waals surface area contributed by atoms with Crippen molar-refractivity contribution in [1.29, 1.82) is 0 Å². The molecule has 1 amide bonds. The Morgan fingerprint density at radius 2 is 2.23 bits per heavy atom. The molecule has 1 aromatic heterocycles. The number of hydrogen-bond acceptors (Lipinski definition) is 5. The Kier molecular flexibility index (Phi) is 5.50. The summed E-state index contributed by atoms with van der Waals surface area (Å²) in [6, 6.07) is 1.56. The van der Waals surface area contributed by atoms with E-state index in [1.807, 2.05) is 23.8 Å². The average molecular weight is 412 g/mol. The highest BCUT2D eigenvalue weighted by atomic mass is 35.5. The average Bonchev–Trinajstić information content (AvgIpc) is 3.18. The second kappa shape index (κ2) is 7.50. The number of allylic oxidation sites excluding steroid dienone is 2. The highest BCUT2D eigenvalue weighted by Gasteiger charge is 2.42. The lowest BCUT2D eigenvalue weighted by Crippen LogP contribution is -2.36. The van der Waals surface area contributed by atoms with Crippen molar-refractivity contribution in [3.8, 4) is 0 Å². The number of carboxylic acids is 1. The summed E-state index contributed by atoms with van der Waals surface area (Å²) in [7, 11) is 1.52. The number of methoxy groups -OCH3 is 1. The first-order valence-electron chi connectivity index (χ1n) is 7.91. The van der Waals surface area contributed by atoms with Crippen LogP contribution in [-0.4, -0.2) is 41.3 Å². The number of halogens is 1. The fourth-order valence-electron chi connectivity index (χ4n) is 3.36. The van der Waals surface area contributed by atoms with Crippen molar-refractivity contribution in [2.45, 2.75) is 30.0 Å². The molecular weight excluding hydrogens is 394 g/mol. The van der Waals surface area contributed by atoms with E-state index in [4.69, 9.17) is 16.3 Å². The summed E-state index contributed by atoms with van der Waals surface area (Å²) in [4.78, 5) is 26.2. The van der Waals surface area contributed by atoms with Gasteiger partial charge in [0.25, 0.3) is 5.91 Å². The van der Waals surface area contributed by atoms with Crippen LogP contribution in [0.2, 0.25) is 0 Å². The Balaban J connectivity index is 2.07. The zero-order chi connectivity index (χ0) is 19.0. The largest absolute Gasteiger partial charge is 0.496 e. The molecule has 0 aromatic carbocycles. The summed E-state index contributed by atoms with van der Waals surface area (Å²) in [5.41, 5.74) is 2.51. The number of nitrogens with zero attached hydrogens (tertiary/aromatic N) is 1. The van der Waals surface area contributed by atoms with E-state index < -0.39 is 5.97 Å². The summed E-state index contributed by atoms with van der Waals surface area (Å²) in [5, 5.41) is 11.5. The maximum absolute atomic E-state index is 13.2. The molecule has 0 radical (unpaired) electrons. The monoisotopic (exact) mass is 411 g/mol. The number of rotatable bonds is 5. The number of carbonyl (C=O) groups is 2. The van der Waals surface area contributed by atoms with E-state index in [0.29, 0.717) is 39.6 Å². The predicted octanol–water partition coefficient (Wildman–Crippen LogP) is 4.47. The zero-order valence-corrected chi connectivity index (χ0v) is 16.9. The van der Waals surface area contributed by atoms with Crippen LogP contribution < -0.4 is 0 Å². The second-order valence-corrected chi connectivity index (χ2v) is 8.32. The lowest BCUT2D eigenvalue weighted by Gasteiger charge is -2.29. The molecule has 8 heteroatoms. The SMILES string of the molecule is COC1=CCC2C(=C1Cl)C(CC(=O)O)=C(C)N2C(=O)c1csc(SC)c1. The number of hydrogen-bond donors (Lipinski definition) is 1. The molecule has 5 nitrogen and oxygen atoms in total. The number of thioether (sulfide) groups is 1. The van der Waals surface area contributed by atoms with Crippen LogP contribution in [0.5, 0.6) is 0 Å². The summed E-state index contributed by atoms with van der Waals surface area (Å²) < 4.78 is 6.35. The fraction of sp³-hybridized carbons (Fsp3) is 0.333. The minimum absolute atomic E-state index is 0.138. The van der Waals surface area contributed by atoms with Gasteiger partial charge < -0.3 is 14.7 Å². The van der Waals surface area contributed by atoms with E-state index in [-0.39, 0.29) is 18.4 Å². The standard InChI is InChI=1S/C18H18ClNO4S2/c1-9-11(7-14(21)22)16-12(4-5-13(24-2)17(16)19)20(9)18(23)10-6-15(25-3)26-8-10/h5-6,8,12H,4,7H2,1-3H3,(H,21,22). The van der Waals surface area contributed by atoms with Crippen LogP contribution in [0.3, 0.4) is 0 Å². The van der Waals surface area contributed by atoms with Crippen LogP contribution >= 0.6 is 34.7 Å². The minimum Gasteiger partial charge on any atom is -0.496 e. The molecule has 0 saturated carbocycles. The van der Waals surface area contributed by atoms with Gasteiger partial charge in [0.1, 0.15) is 5.76 Å². The number of carboxylic acid groups (broad SMARTS) is 1. The van der Waals surface area contributed by atoms with Crippen molar-refractivity contribution in [3.63, 3.8) is 0 Å². The number of ether oxygens (including phenoxy) is 1. The van der Waals surface area contributed by atoms with E-state index in [0.717, 1.165) is 4.21 Å². The first-order chi connectivity index (χ1) is 12.4. The van der Waals surface area contributed by atoms with Gasteiger partial charge in [0.15, 0.2) is 0 Å². The van der Waals surface area contributed by atoms with Crippen LogP contribution in [0.1, 0.15) is 30.1 Å². The molecule has 1 aromatic rings. The van der Waals surface area contributed by atoms with E-state index in [1.54, 1.807) is 23.6 Å². The van der Waals surface area contributed by atoms with Gasteiger partial charge in [-0.2, -0.15) is 0 Å². The van der Waals surface area contributed by atoms with Crippen LogP contribution in [0.25, 0.3) is 0 Å². The molecule has 0 saturated heterocycles. The van der Waals surface area contributed by atoms with Gasteiger partial charge in [-0.3, -0.25) is 9.59 Å². The van der Waals surface area contributed by atoms with Crippen molar-refractivity contribution in [2.24, 2.45) is 0 Å². The smallest absolute Gasteiger partial charge is 0.307 e. The molecule has 1 N–H and O–H groups in total. The third-order valence-electron chi connectivity index (χ3n) is 4.54. The molecule has 0 fully saturated rings. The molecule has 138 valence electrons. The van der Waals surface area contributed by atoms with Gasteiger partial charge in [-0.15, -0.1) is 23.1 Å². The maximum Gasteiger partial charge on any atom is 0.307 e. The summed E-state index contributed by atoms with van der Waals surface area (Å²) in [6.07, 6.45) is 4.15. The fourth-order valence-corrected chi connectivity index (χ4v) is 5.14. The van der Waals surface area contributed by atoms with Gasteiger partial charge in [0, 0.05) is 16.7 Å². The third-order valence-corrected chi connectivity index (χ3v) is 6.96. The van der Waals surface area contributed by atoms with Gasteiger partial charge in [0.2, 0.25) is 0 Å². The van der Waals surface area contributed by atoms with Gasteiger partial charge in [-0.05, 0) is 37.3 Å². The molecule has 0 bridgehead atoms. The van der Waals surface area contributed by atoms with Gasteiger partial charge in [-0.1, -0.05) is 11.6 Å². The Morgan fingerprint density at radius 1 is 1.50 bits per heavy atom. The van der Waals surface area contributed by atoms with Crippen LogP contribution in [0.15, 0.2) is 49.4 Å². The van der Waals surface area contributed by atoms with Crippen molar-refractivity contribution in [2.75, 3.05) is 13.4 Å². The quantitative estimate of drug-likeness (QED) is 0.724. The number of thiophene rings is 1. The first-order valence-corrected chi connectivity index (χ1v) is 10.4. The number of carbonyl (C=O) groups excluding carboxylic acids is 1. The third kappa shape index (κ3) is 3.19. The van der Waals surface area contributed by atoms with Crippen molar-refractivity contribution in [3.05, 3.63) is 50.7 Å². The first kappa shape index (κ1) is 19.1. The lowest BCUT2D eigenvalue weighted by molar-refractivity contribution is -0.136. The summed E-state index contributed by atoms with van der Waals surface area (Å²) in [5.74, 6) is -0.582. The maximum atomic E-state index is 13.2. The van der Waals surface area contributed by atoms with Gasteiger partial charge >= 0.3 is 5.97 Å². The highest BCUT2D eigenvalue weighted by Crippen LogP contribution is 2.45. The number of aliphatic carboxylic acids is 1. The Labute approximate surface area is 165 Å².